The molecule has 1 aliphatic rings. The lowest BCUT2D eigenvalue weighted by Gasteiger charge is -2.25. The molecule has 0 unspecified atom stereocenters. The van der Waals surface area contributed by atoms with Gasteiger partial charge in [0.15, 0.2) is 10.4 Å². The first-order valence-electron chi connectivity index (χ1n) is 10.4. The van der Waals surface area contributed by atoms with Crippen molar-refractivity contribution in [1.82, 2.24) is 14.1 Å². The van der Waals surface area contributed by atoms with E-state index < -0.39 is 5.91 Å². The molecule has 0 aliphatic carbocycles. The normalized spacial score (nSPS) is 14.3. The highest BCUT2D eigenvalue weighted by Gasteiger charge is 2.24. The van der Waals surface area contributed by atoms with E-state index in [-0.39, 0.29) is 16.3 Å². The summed E-state index contributed by atoms with van der Waals surface area (Å²) in [5.41, 5.74) is 1.35. The van der Waals surface area contributed by atoms with Crippen molar-refractivity contribution in [3.05, 3.63) is 64.5 Å². The van der Waals surface area contributed by atoms with Crippen molar-refractivity contribution in [3.63, 3.8) is 0 Å². The van der Waals surface area contributed by atoms with E-state index in [9.17, 15) is 9.59 Å². The first kappa shape index (κ1) is 21.8. The zero-order valence-corrected chi connectivity index (χ0v) is 18.8. The van der Waals surface area contributed by atoms with Gasteiger partial charge in [-0.1, -0.05) is 0 Å². The van der Waals surface area contributed by atoms with Crippen LogP contribution < -0.4 is 14.1 Å². The highest BCUT2D eigenvalue weighted by molar-refractivity contribution is 7.04. The van der Waals surface area contributed by atoms with Gasteiger partial charge in [-0.05, 0) is 79.3 Å². The highest BCUT2D eigenvalue weighted by atomic mass is 32.1. The maximum absolute atomic E-state index is 13.2. The second-order valence-corrected chi connectivity index (χ2v) is 8.23. The van der Waals surface area contributed by atoms with Crippen LogP contribution in [0.3, 0.4) is 0 Å². The number of hydrogen-bond acceptors (Lipinski definition) is 6. The van der Waals surface area contributed by atoms with Crippen LogP contribution in [-0.4, -0.2) is 53.2 Å². The van der Waals surface area contributed by atoms with Crippen molar-refractivity contribution < 1.29 is 19.1 Å². The topological polar surface area (TPSA) is 86.0 Å². The Morgan fingerprint density at radius 3 is 2.09 bits per heavy atom. The SMILES string of the molecule is COc1ccc(C(=O)N=c2sn(-c3ccc(OC)cc3)nc2C(=O)N2CCCCC2)cc1. The minimum Gasteiger partial charge on any atom is -0.497 e. The van der Waals surface area contributed by atoms with Gasteiger partial charge in [0, 0.05) is 18.7 Å². The number of nitrogens with zero attached hydrogens (tertiary/aromatic N) is 4. The van der Waals surface area contributed by atoms with Crippen molar-refractivity contribution in [3.8, 4) is 17.2 Å². The zero-order valence-electron chi connectivity index (χ0n) is 18.0. The molecule has 9 heteroatoms. The van der Waals surface area contributed by atoms with Gasteiger partial charge in [-0.3, -0.25) is 9.59 Å². The average molecular weight is 453 g/mol. The molecule has 1 aliphatic heterocycles. The van der Waals surface area contributed by atoms with Crippen LogP contribution in [0.1, 0.15) is 40.1 Å². The van der Waals surface area contributed by atoms with Gasteiger partial charge in [-0.25, -0.2) is 0 Å². The Morgan fingerprint density at radius 2 is 1.50 bits per heavy atom. The van der Waals surface area contributed by atoms with E-state index in [1.165, 1.54) is 0 Å². The summed E-state index contributed by atoms with van der Waals surface area (Å²) in [4.78, 5) is 32.1. The Morgan fingerprint density at radius 1 is 0.906 bits per heavy atom. The van der Waals surface area contributed by atoms with Crippen LogP contribution in [-0.2, 0) is 0 Å². The molecule has 1 saturated heterocycles. The lowest BCUT2D eigenvalue weighted by atomic mass is 10.1. The molecule has 0 spiro atoms. The molecule has 0 saturated carbocycles. The van der Waals surface area contributed by atoms with Gasteiger partial charge in [-0.15, -0.1) is 5.10 Å². The molecular formula is C23H24N4O4S. The van der Waals surface area contributed by atoms with Gasteiger partial charge in [-0.2, -0.15) is 9.06 Å². The summed E-state index contributed by atoms with van der Waals surface area (Å²) >= 11 is 1.15. The molecule has 0 bridgehead atoms. The second kappa shape index (κ2) is 9.78. The third kappa shape index (κ3) is 4.72. The minimum absolute atomic E-state index is 0.189. The average Bonchev–Trinajstić information content (AvgIpc) is 3.27. The number of rotatable bonds is 5. The van der Waals surface area contributed by atoms with Crippen LogP contribution in [0.5, 0.6) is 11.5 Å². The first-order chi connectivity index (χ1) is 15.6. The Bertz CT molecular complexity index is 1160. The first-order valence-corrected chi connectivity index (χ1v) is 11.1. The Balaban J connectivity index is 1.73. The number of ether oxygens (including phenoxy) is 2. The number of aromatic nitrogens is 2. The fourth-order valence-electron chi connectivity index (χ4n) is 3.44. The molecule has 2 amide bonds. The molecule has 0 N–H and O–H groups in total. The molecule has 2 heterocycles. The van der Waals surface area contributed by atoms with Crippen molar-refractivity contribution in [2.45, 2.75) is 19.3 Å². The van der Waals surface area contributed by atoms with Gasteiger partial charge in [0.2, 0.25) is 0 Å². The fraction of sp³-hybridized carbons (Fsp3) is 0.304. The lowest BCUT2D eigenvalue weighted by Crippen LogP contribution is -2.38. The number of benzene rings is 2. The number of carbonyl (C=O) groups is 2. The van der Waals surface area contributed by atoms with Crippen LogP contribution in [0.25, 0.3) is 5.69 Å². The maximum atomic E-state index is 13.2. The summed E-state index contributed by atoms with van der Waals surface area (Å²) in [5, 5.41) is 4.52. The Kier molecular flexibility index (Phi) is 6.65. The van der Waals surface area contributed by atoms with Crippen LogP contribution in [0.2, 0.25) is 0 Å². The molecular weight excluding hydrogens is 428 g/mol. The number of methoxy groups -OCH3 is 2. The van der Waals surface area contributed by atoms with Crippen LogP contribution in [0.4, 0.5) is 0 Å². The number of hydrogen-bond donors (Lipinski definition) is 0. The largest absolute Gasteiger partial charge is 0.497 e. The maximum Gasteiger partial charge on any atom is 0.278 e. The van der Waals surface area contributed by atoms with E-state index in [0.717, 1.165) is 42.2 Å². The van der Waals surface area contributed by atoms with Crippen LogP contribution in [0, 0.1) is 0 Å². The molecule has 1 fully saturated rings. The number of likely N-dealkylation sites (tertiary alicyclic amines) is 1. The monoisotopic (exact) mass is 452 g/mol. The van der Waals surface area contributed by atoms with E-state index in [4.69, 9.17) is 9.47 Å². The number of amides is 2. The van der Waals surface area contributed by atoms with Crippen LogP contribution >= 0.6 is 11.5 Å². The number of carbonyl (C=O) groups excluding carboxylic acids is 2. The van der Waals surface area contributed by atoms with E-state index in [1.807, 2.05) is 24.3 Å². The van der Waals surface area contributed by atoms with Crippen molar-refractivity contribution in [1.29, 1.82) is 0 Å². The third-order valence-electron chi connectivity index (χ3n) is 5.25. The molecule has 166 valence electrons. The molecule has 1 aromatic heterocycles. The third-order valence-corrected chi connectivity index (χ3v) is 6.17. The quantitative estimate of drug-likeness (QED) is 0.593. The number of piperidine rings is 1. The summed E-state index contributed by atoms with van der Waals surface area (Å²) in [7, 11) is 3.16. The van der Waals surface area contributed by atoms with E-state index in [0.29, 0.717) is 24.4 Å². The molecule has 0 atom stereocenters. The summed E-state index contributed by atoms with van der Waals surface area (Å²) < 4.78 is 12.2. The molecule has 3 aromatic rings. The van der Waals surface area contributed by atoms with E-state index in [1.54, 1.807) is 47.5 Å². The smallest absolute Gasteiger partial charge is 0.278 e. The second-order valence-electron chi connectivity index (χ2n) is 7.31. The molecule has 4 rings (SSSR count). The standard InChI is InChI=1S/C23H24N4O4S/c1-30-18-10-6-16(7-11-18)21(28)24-22-20(23(29)26-14-4-3-5-15-26)25-27(32-22)17-8-12-19(31-2)13-9-17/h6-13H,3-5,14-15H2,1-2H3. The predicted octanol–water partition coefficient (Wildman–Crippen LogP) is 3.32. The van der Waals surface area contributed by atoms with Crippen molar-refractivity contribution >= 4 is 23.3 Å². The molecule has 32 heavy (non-hydrogen) atoms. The van der Waals surface area contributed by atoms with Crippen molar-refractivity contribution in [2.24, 2.45) is 4.99 Å². The predicted molar refractivity (Wildman–Crippen MR) is 121 cm³/mol. The van der Waals surface area contributed by atoms with Gasteiger partial charge < -0.3 is 14.4 Å². The van der Waals surface area contributed by atoms with Gasteiger partial charge >= 0.3 is 0 Å². The summed E-state index contributed by atoms with van der Waals surface area (Å²) in [6.45, 7) is 1.37. The van der Waals surface area contributed by atoms with Gasteiger partial charge in [0.25, 0.3) is 11.8 Å². The van der Waals surface area contributed by atoms with Crippen LogP contribution in [0.15, 0.2) is 53.5 Å². The molecule has 0 radical (unpaired) electrons. The Hall–Kier alpha value is -3.46. The molecule has 8 nitrogen and oxygen atoms in total. The van der Waals surface area contributed by atoms with E-state index in [2.05, 4.69) is 10.1 Å². The summed E-state index contributed by atoms with van der Waals surface area (Å²) in [6.07, 6.45) is 3.04. The van der Waals surface area contributed by atoms with Gasteiger partial charge in [0.05, 0.1) is 19.9 Å². The van der Waals surface area contributed by atoms with Gasteiger partial charge in [0.1, 0.15) is 11.5 Å². The minimum atomic E-state index is -0.439. The Labute approximate surface area is 189 Å². The highest BCUT2D eigenvalue weighted by Crippen LogP contribution is 2.17. The lowest BCUT2D eigenvalue weighted by molar-refractivity contribution is 0.0716. The zero-order chi connectivity index (χ0) is 22.5. The fourth-order valence-corrected chi connectivity index (χ4v) is 4.30. The van der Waals surface area contributed by atoms with Crippen molar-refractivity contribution in [2.75, 3.05) is 27.3 Å². The molecule has 2 aromatic carbocycles. The van der Waals surface area contributed by atoms with E-state index >= 15 is 0 Å². The summed E-state index contributed by atoms with van der Waals surface area (Å²) in [6, 6.07) is 14.0. The summed E-state index contributed by atoms with van der Waals surface area (Å²) in [5.74, 6) is 0.730.